The second-order valence-electron chi connectivity index (χ2n) is 7.02. The topological polar surface area (TPSA) is 84.5 Å². The summed E-state index contributed by atoms with van der Waals surface area (Å²) in [5.74, 6) is 0.702. The number of fused-ring (bicyclic) bond motifs is 1. The highest BCUT2D eigenvalue weighted by molar-refractivity contribution is 6.04. The van der Waals surface area contributed by atoms with Gasteiger partial charge in [0.15, 0.2) is 11.5 Å². The molecule has 3 aromatic rings. The zero-order valence-electron chi connectivity index (χ0n) is 16.1. The minimum absolute atomic E-state index is 0.131. The van der Waals surface area contributed by atoms with E-state index in [1.807, 2.05) is 32.0 Å². The Bertz CT molecular complexity index is 1060. The molecule has 0 spiro atoms. The zero-order valence-corrected chi connectivity index (χ0v) is 16.1. The third kappa shape index (κ3) is 3.43. The number of nitrogens with zero attached hydrogens (tertiary/aromatic N) is 5. The van der Waals surface area contributed by atoms with E-state index in [9.17, 15) is 9.59 Å². The molecule has 8 nitrogen and oxygen atoms in total. The number of piperazine rings is 1. The fraction of sp³-hybridized carbons (Fsp3) is 0.400. The van der Waals surface area contributed by atoms with E-state index in [1.165, 1.54) is 4.68 Å². The maximum atomic E-state index is 13.2. The smallest absolute Gasteiger partial charge is 0.275 e. The second kappa shape index (κ2) is 7.55. The Kier molecular flexibility index (Phi) is 4.95. The third-order valence-electron chi connectivity index (χ3n) is 5.09. The van der Waals surface area contributed by atoms with E-state index < -0.39 is 0 Å². The van der Waals surface area contributed by atoms with Crippen LogP contribution in [-0.4, -0.2) is 56.8 Å². The summed E-state index contributed by atoms with van der Waals surface area (Å²) >= 11 is 0. The molecule has 1 aromatic carbocycles. The van der Waals surface area contributed by atoms with Gasteiger partial charge in [-0.05, 0) is 19.9 Å². The van der Waals surface area contributed by atoms with Crippen molar-refractivity contribution in [3.8, 4) is 0 Å². The van der Waals surface area contributed by atoms with Crippen LogP contribution in [0.4, 0.5) is 0 Å². The van der Waals surface area contributed by atoms with Crippen LogP contribution in [0, 0.1) is 6.92 Å². The molecule has 1 saturated heterocycles. The lowest BCUT2D eigenvalue weighted by atomic mass is 10.1. The van der Waals surface area contributed by atoms with Crippen molar-refractivity contribution in [1.82, 2.24) is 24.7 Å². The lowest BCUT2D eigenvalue weighted by Gasteiger charge is -2.34. The van der Waals surface area contributed by atoms with E-state index in [4.69, 9.17) is 4.52 Å². The number of rotatable bonds is 4. The second-order valence-corrected chi connectivity index (χ2v) is 7.02. The number of aryl methyl sites for hydroxylation is 2. The number of aromatic nitrogens is 3. The van der Waals surface area contributed by atoms with Gasteiger partial charge in [-0.2, -0.15) is 5.10 Å². The Morgan fingerprint density at radius 3 is 2.50 bits per heavy atom. The fourth-order valence-corrected chi connectivity index (χ4v) is 3.58. The number of hydrogen-bond donors (Lipinski definition) is 0. The monoisotopic (exact) mass is 381 g/mol. The first-order valence-electron chi connectivity index (χ1n) is 9.50. The van der Waals surface area contributed by atoms with Gasteiger partial charge < -0.3 is 9.42 Å². The van der Waals surface area contributed by atoms with E-state index in [2.05, 4.69) is 15.2 Å². The first-order chi connectivity index (χ1) is 13.6. The van der Waals surface area contributed by atoms with Crippen LogP contribution in [-0.2, 0) is 13.1 Å². The molecule has 0 aliphatic carbocycles. The van der Waals surface area contributed by atoms with Crippen LogP contribution in [0.2, 0.25) is 0 Å². The van der Waals surface area contributed by atoms with Crippen molar-refractivity contribution in [3.05, 3.63) is 57.8 Å². The predicted molar refractivity (Wildman–Crippen MR) is 104 cm³/mol. The molecule has 0 atom stereocenters. The SMILES string of the molecule is CCn1nc(C(=O)N2CCN(Cc3cc(C)no3)CC2)c2ccccc2c1=O. The minimum Gasteiger partial charge on any atom is -0.360 e. The van der Waals surface area contributed by atoms with Gasteiger partial charge in [0, 0.05) is 44.2 Å². The third-order valence-corrected chi connectivity index (χ3v) is 5.09. The summed E-state index contributed by atoms with van der Waals surface area (Å²) in [6.07, 6.45) is 0. The van der Waals surface area contributed by atoms with Crippen LogP contribution < -0.4 is 5.56 Å². The van der Waals surface area contributed by atoms with Crippen molar-refractivity contribution in [2.75, 3.05) is 26.2 Å². The lowest BCUT2D eigenvalue weighted by molar-refractivity contribution is 0.0611. The molecule has 1 aliphatic rings. The molecule has 146 valence electrons. The van der Waals surface area contributed by atoms with Crippen LogP contribution in [0.1, 0.15) is 28.9 Å². The summed E-state index contributed by atoms with van der Waals surface area (Å²) in [6, 6.07) is 9.11. The zero-order chi connectivity index (χ0) is 19.7. The Morgan fingerprint density at radius 2 is 1.86 bits per heavy atom. The van der Waals surface area contributed by atoms with Crippen LogP contribution >= 0.6 is 0 Å². The minimum atomic E-state index is -0.165. The van der Waals surface area contributed by atoms with Crippen molar-refractivity contribution in [2.45, 2.75) is 26.9 Å². The maximum Gasteiger partial charge on any atom is 0.275 e. The summed E-state index contributed by atoms with van der Waals surface area (Å²) in [6.45, 7) is 7.56. The molecule has 4 rings (SSSR count). The molecule has 1 aliphatic heterocycles. The Hall–Kier alpha value is -3.00. The summed E-state index contributed by atoms with van der Waals surface area (Å²) in [5.41, 5.74) is 1.05. The Balaban J connectivity index is 1.53. The summed E-state index contributed by atoms with van der Waals surface area (Å²) < 4.78 is 6.64. The van der Waals surface area contributed by atoms with Gasteiger partial charge in [0.05, 0.1) is 17.6 Å². The largest absolute Gasteiger partial charge is 0.360 e. The molecule has 1 fully saturated rings. The Labute approximate surface area is 162 Å². The van der Waals surface area contributed by atoms with Crippen molar-refractivity contribution < 1.29 is 9.32 Å². The van der Waals surface area contributed by atoms with Gasteiger partial charge in [-0.25, -0.2) is 4.68 Å². The van der Waals surface area contributed by atoms with Gasteiger partial charge in [-0.15, -0.1) is 0 Å². The van der Waals surface area contributed by atoms with Crippen LogP contribution in [0.15, 0.2) is 39.6 Å². The number of carbonyl (C=O) groups is 1. The molecule has 0 N–H and O–H groups in total. The standard InChI is InChI=1S/C20H23N5O3/c1-3-25-19(26)17-7-5-4-6-16(17)18(21-25)20(27)24-10-8-23(9-11-24)13-15-12-14(2)22-28-15/h4-7,12H,3,8-11,13H2,1-2H3. The first kappa shape index (κ1) is 18.4. The molecular weight excluding hydrogens is 358 g/mol. The van der Waals surface area contributed by atoms with Crippen molar-refractivity contribution in [1.29, 1.82) is 0 Å². The van der Waals surface area contributed by atoms with Crippen molar-refractivity contribution >= 4 is 16.7 Å². The molecule has 0 unspecified atom stereocenters. The highest BCUT2D eigenvalue weighted by Crippen LogP contribution is 2.17. The number of carbonyl (C=O) groups excluding carboxylic acids is 1. The van der Waals surface area contributed by atoms with Gasteiger partial charge in [-0.3, -0.25) is 14.5 Å². The molecule has 0 saturated carbocycles. The normalized spacial score (nSPS) is 15.3. The van der Waals surface area contributed by atoms with E-state index in [0.29, 0.717) is 42.6 Å². The van der Waals surface area contributed by atoms with E-state index in [-0.39, 0.29) is 11.5 Å². The average Bonchev–Trinajstić information content (AvgIpc) is 3.13. The highest BCUT2D eigenvalue weighted by Gasteiger charge is 2.26. The molecule has 8 heteroatoms. The van der Waals surface area contributed by atoms with Gasteiger partial charge in [0.25, 0.3) is 11.5 Å². The van der Waals surface area contributed by atoms with E-state index in [0.717, 1.165) is 24.5 Å². The van der Waals surface area contributed by atoms with Gasteiger partial charge >= 0.3 is 0 Å². The van der Waals surface area contributed by atoms with E-state index in [1.54, 1.807) is 17.0 Å². The quantitative estimate of drug-likeness (QED) is 0.684. The first-order valence-corrected chi connectivity index (χ1v) is 9.50. The molecule has 1 amide bonds. The highest BCUT2D eigenvalue weighted by atomic mass is 16.5. The van der Waals surface area contributed by atoms with Crippen LogP contribution in [0.5, 0.6) is 0 Å². The molecule has 0 bridgehead atoms. The van der Waals surface area contributed by atoms with Gasteiger partial charge in [-0.1, -0.05) is 23.4 Å². The number of hydrogen-bond acceptors (Lipinski definition) is 6. The molecule has 2 aromatic heterocycles. The summed E-state index contributed by atoms with van der Waals surface area (Å²) in [4.78, 5) is 29.7. The summed E-state index contributed by atoms with van der Waals surface area (Å²) in [5, 5.41) is 9.42. The summed E-state index contributed by atoms with van der Waals surface area (Å²) in [7, 11) is 0. The average molecular weight is 381 g/mol. The number of benzene rings is 1. The van der Waals surface area contributed by atoms with Crippen LogP contribution in [0.25, 0.3) is 10.8 Å². The lowest BCUT2D eigenvalue weighted by Crippen LogP contribution is -2.48. The van der Waals surface area contributed by atoms with Gasteiger partial charge in [0.1, 0.15) is 0 Å². The molecule has 3 heterocycles. The molecular formula is C20H23N5O3. The predicted octanol–water partition coefficient (Wildman–Crippen LogP) is 1.67. The molecule has 0 radical (unpaired) electrons. The Morgan fingerprint density at radius 1 is 1.14 bits per heavy atom. The van der Waals surface area contributed by atoms with E-state index >= 15 is 0 Å². The maximum absolute atomic E-state index is 13.2. The number of amides is 1. The fourth-order valence-electron chi connectivity index (χ4n) is 3.58. The molecule has 28 heavy (non-hydrogen) atoms. The van der Waals surface area contributed by atoms with Gasteiger partial charge in [0.2, 0.25) is 0 Å². The van der Waals surface area contributed by atoms with Crippen LogP contribution in [0.3, 0.4) is 0 Å². The van der Waals surface area contributed by atoms with Crippen molar-refractivity contribution in [2.24, 2.45) is 0 Å². The van der Waals surface area contributed by atoms with Crippen molar-refractivity contribution in [3.63, 3.8) is 0 Å².